The third-order valence-electron chi connectivity index (χ3n) is 2.28. The van der Waals surface area contributed by atoms with Crippen molar-refractivity contribution >= 4 is 63.6 Å². The van der Waals surface area contributed by atoms with Crippen molar-refractivity contribution in [2.75, 3.05) is 5.75 Å². The molecular formula is C12H8Cl3NOS2. The van der Waals surface area contributed by atoms with Crippen LogP contribution in [0.1, 0.15) is 5.56 Å². The number of benzene rings is 1. The summed E-state index contributed by atoms with van der Waals surface area (Å²) in [6, 6.07) is 9.14. The summed E-state index contributed by atoms with van der Waals surface area (Å²) < 4.78 is 1.09. The highest BCUT2D eigenvalue weighted by Gasteiger charge is 2.13. The summed E-state index contributed by atoms with van der Waals surface area (Å²) in [5.41, 5.74) is 1.16. The van der Waals surface area contributed by atoms with Gasteiger partial charge in [0, 0.05) is 21.2 Å². The monoisotopic (exact) mass is 351 g/mol. The lowest BCUT2D eigenvalue weighted by Gasteiger charge is -2.03. The number of oxime groups is 1. The lowest BCUT2D eigenvalue weighted by Crippen LogP contribution is -2.03. The van der Waals surface area contributed by atoms with E-state index in [4.69, 9.17) is 40.0 Å². The van der Waals surface area contributed by atoms with Gasteiger partial charge in [0.2, 0.25) is 0 Å². The summed E-state index contributed by atoms with van der Waals surface area (Å²) in [6.07, 6.45) is 0. The van der Waals surface area contributed by atoms with E-state index in [1.54, 1.807) is 6.07 Å². The van der Waals surface area contributed by atoms with E-state index in [9.17, 15) is 0 Å². The zero-order chi connectivity index (χ0) is 13.8. The molecule has 0 saturated heterocycles. The van der Waals surface area contributed by atoms with Crippen molar-refractivity contribution in [1.82, 2.24) is 0 Å². The molecule has 2 rings (SSSR count). The lowest BCUT2D eigenvalue weighted by molar-refractivity contribution is 0.319. The highest BCUT2D eigenvalue weighted by molar-refractivity contribution is 8.00. The molecule has 0 radical (unpaired) electrons. The average molecular weight is 353 g/mol. The number of thioether (sulfide) groups is 1. The molecular weight excluding hydrogens is 345 g/mol. The quantitative estimate of drug-likeness (QED) is 0.332. The van der Waals surface area contributed by atoms with Crippen LogP contribution in [-0.4, -0.2) is 16.7 Å². The Morgan fingerprint density at radius 3 is 2.42 bits per heavy atom. The van der Waals surface area contributed by atoms with Crippen LogP contribution in [0.2, 0.25) is 13.7 Å². The topological polar surface area (TPSA) is 32.6 Å². The van der Waals surface area contributed by atoms with Crippen molar-refractivity contribution in [3.8, 4) is 0 Å². The predicted molar refractivity (Wildman–Crippen MR) is 84.8 cm³/mol. The fourth-order valence-corrected chi connectivity index (χ4v) is 3.86. The molecule has 0 aliphatic carbocycles. The fourth-order valence-electron chi connectivity index (χ4n) is 1.38. The summed E-state index contributed by atoms with van der Waals surface area (Å²) in [6.45, 7) is 0. The number of nitrogens with zero attached hydrogens (tertiary/aromatic N) is 1. The summed E-state index contributed by atoms with van der Waals surface area (Å²) in [5, 5.41) is 13.1. The first kappa shape index (κ1) is 15.0. The highest BCUT2D eigenvalue weighted by Crippen LogP contribution is 2.33. The van der Waals surface area contributed by atoms with Gasteiger partial charge in [0.05, 0.1) is 10.0 Å². The minimum absolute atomic E-state index is 0.491. The van der Waals surface area contributed by atoms with Gasteiger partial charge in [0.1, 0.15) is 4.34 Å². The van der Waals surface area contributed by atoms with Crippen LogP contribution in [0.25, 0.3) is 0 Å². The predicted octanol–water partition coefficient (Wildman–Crippen LogP) is 5.68. The second-order valence-electron chi connectivity index (χ2n) is 3.53. The molecule has 1 heterocycles. The summed E-state index contributed by atoms with van der Waals surface area (Å²) >= 11 is 20.5. The smallest absolute Gasteiger partial charge is 0.104 e. The molecule has 0 amide bonds. The largest absolute Gasteiger partial charge is 0.411 e. The van der Waals surface area contributed by atoms with Crippen molar-refractivity contribution < 1.29 is 5.21 Å². The van der Waals surface area contributed by atoms with E-state index in [2.05, 4.69) is 5.16 Å². The van der Waals surface area contributed by atoms with E-state index < -0.39 is 0 Å². The van der Waals surface area contributed by atoms with Crippen LogP contribution in [0.5, 0.6) is 0 Å². The van der Waals surface area contributed by atoms with Gasteiger partial charge in [0.15, 0.2) is 0 Å². The van der Waals surface area contributed by atoms with E-state index in [1.165, 1.54) is 23.1 Å². The van der Waals surface area contributed by atoms with Crippen molar-refractivity contribution in [2.45, 2.75) is 4.90 Å². The summed E-state index contributed by atoms with van der Waals surface area (Å²) in [4.78, 5) is 1.03. The van der Waals surface area contributed by atoms with Gasteiger partial charge in [-0.1, -0.05) is 40.0 Å². The van der Waals surface area contributed by atoms with Crippen LogP contribution in [-0.2, 0) is 0 Å². The first-order valence-electron chi connectivity index (χ1n) is 5.14. The SMILES string of the molecule is O/N=C(/CSc1ccc(Cl)cc1)c1cc(Cl)sc1Cl. The molecule has 0 aliphatic rings. The molecule has 1 N–H and O–H groups in total. The average Bonchev–Trinajstić information content (AvgIpc) is 2.72. The van der Waals surface area contributed by atoms with Gasteiger partial charge < -0.3 is 5.21 Å². The number of hydrogen-bond acceptors (Lipinski definition) is 4. The Bertz CT molecular complexity index is 596. The summed E-state index contributed by atoms with van der Waals surface area (Å²) in [5.74, 6) is 0.491. The van der Waals surface area contributed by atoms with Gasteiger partial charge >= 0.3 is 0 Å². The maximum absolute atomic E-state index is 9.09. The Balaban J connectivity index is 2.08. The number of rotatable bonds is 4. The Labute approximate surface area is 134 Å². The van der Waals surface area contributed by atoms with Crippen LogP contribution in [0.4, 0.5) is 0 Å². The molecule has 0 atom stereocenters. The molecule has 1 aromatic heterocycles. The van der Waals surface area contributed by atoms with E-state index in [1.807, 2.05) is 24.3 Å². The molecule has 0 bridgehead atoms. The first-order valence-corrected chi connectivity index (χ1v) is 8.08. The van der Waals surface area contributed by atoms with E-state index in [0.29, 0.717) is 30.7 Å². The summed E-state index contributed by atoms with van der Waals surface area (Å²) in [7, 11) is 0. The zero-order valence-electron chi connectivity index (χ0n) is 9.44. The van der Waals surface area contributed by atoms with Crippen LogP contribution in [0.3, 0.4) is 0 Å². The van der Waals surface area contributed by atoms with E-state index in [0.717, 1.165) is 4.90 Å². The van der Waals surface area contributed by atoms with Crippen molar-refractivity contribution in [2.24, 2.45) is 5.16 Å². The Morgan fingerprint density at radius 1 is 1.21 bits per heavy atom. The Kier molecular flexibility index (Phi) is 5.42. The van der Waals surface area contributed by atoms with Gasteiger partial charge in [-0.05, 0) is 30.3 Å². The Morgan fingerprint density at radius 2 is 1.89 bits per heavy atom. The third kappa shape index (κ3) is 4.04. The standard InChI is InChI=1S/C12H8Cl3NOS2/c13-7-1-3-8(4-2-7)18-6-10(16-17)9-5-11(14)19-12(9)15/h1-5,17H,6H2/b16-10-. The molecule has 2 aromatic rings. The molecule has 0 unspecified atom stereocenters. The number of halogens is 3. The van der Waals surface area contributed by atoms with Crippen molar-refractivity contribution in [3.05, 3.63) is 49.6 Å². The molecule has 0 saturated carbocycles. The van der Waals surface area contributed by atoms with Crippen LogP contribution >= 0.6 is 57.9 Å². The maximum Gasteiger partial charge on any atom is 0.104 e. The molecule has 19 heavy (non-hydrogen) atoms. The number of thiophene rings is 1. The molecule has 0 fully saturated rings. The van der Waals surface area contributed by atoms with Crippen LogP contribution in [0, 0.1) is 0 Å². The van der Waals surface area contributed by atoms with E-state index >= 15 is 0 Å². The zero-order valence-corrected chi connectivity index (χ0v) is 13.3. The lowest BCUT2D eigenvalue weighted by atomic mass is 10.2. The third-order valence-corrected chi connectivity index (χ3v) is 5.04. The second-order valence-corrected chi connectivity index (χ2v) is 7.30. The first-order chi connectivity index (χ1) is 9.10. The maximum atomic E-state index is 9.09. The molecule has 1 aromatic carbocycles. The van der Waals surface area contributed by atoms with Gasteiger partial charge in [-0.3, -0.25) is 0 Å². The minimum atomic E-state index is 0.491. The van der Waals surface area contributed by atoms with Gasteiger partial charge in [0.25, 0.3) is 0 Å². The molecule has 0 aliphatic heterocycles. The second kappa shape index (κ2) is 6.86. The van der Waals surface area contributed by atoms with Crippen LogP contribution < -0.4 is 0 Å². The fraction of sp³-hybridized carbons (Fsp3) is 0.0833. The van der Waals surface area contributed by atoms with Crippen molar-refractivity contribution in [1.29, 1.82) is 0 Å². The van der Waals surface area contributed by atoms with Crippen molar-refractivity contribution in [3.63, 3.8) is 0 Å². The Hall–Kier alpha value is -0.390. The molecule has 0 spiro atoms. The van der Waals surface area contributed by atoms with Crippen LogP contribution in [0.15, 0.2) is 40.4 Å². The van der Waals surface area contributed by atoms with Gasteiger partial charge in [-0.2, -0.15) is 0 Å². The molecule has 100 valence electrons. The number of hydrogen-bond donors (Lipinski definition) is 1. The molecule has 2 nitrogen and oxygen atoms in total. The van der Waals surface area contributed by atoms with Gasteiger partial charge in [-0.15, -0.1) is 23.1 Å². The minimum Gasteiger partial charge on any atom is -0.411 e. The molecule has 7 heteroatoms. The van der Waals surface area contributed by atoms with Gasteiger partial charge in [-0.25, -0.2) is 0 Å². The van der Waals surface area contributed by atoms with E-state index in [-0.39, 0.29) is 0 Å². The highest BCUT2D eigenvalue weighted by atomic mass is 35.5. The normalized spacial score (nSPS) is 11.8.